The van der Waals surface area contributed by atoms with Gasteiger partial charge in [-0.1, -0.05) is 24.3 Å². The van der Waals surface area contributed by atoms with Crippen LogP contribution in [0.2, 0.25) is 0 Å². The highest BCUT2D eigenvalue weighted by Gasteiger charge is 2.24. The van der Waals surface area contributed by atoms with Crippen molar-refractivity contribution in [1.82, 2.24) is 0 Å². The smallest absolute Gasteiger partial charge is 0.258 e. The lowest BCUT2D eigenvalue weighted by Gasteiger charge is -2.30. The average molecular weight is 384 g/mol. The Bertz CT molecular complexity index is 1050. The molecule has 0 saturated carbocycles. The monoisotopic (exact) mass is 384 g/mol. The number of carbonyl (C=O) groups is 2. The third kappa shape index (κ3) is 4.06. The molecule has 4 heteroatoms. The summed E-state index contributed by atoms with van der Waals surface area (Å²) in [6.45, 7) is 4.72. The maximum atomic E-state index is 12.9. The lowest BCUT2D eigenvalue weighted by Crippen LogP contribution is -2.35. The number of benzene rings is 3. The summed E-state index contributed by atoms with van der Waals surface area (Å²) in [5, 5.41) is 2.99. The van der Waals surface area contributed by atoms with E-state index >= 15 is 0 Å². The van der Waals surface area contributed by atoms with Crippen LogP contribution < -0.4 is 10.2 Å². The van der Waals surface area contributed by atoms with Crippen molar-refractivity contribution in [3.8, 4) is 0 Å². The van der Waals surface area contributed by atoms with E-state index in [4.69, 9.17) is 0 Å². The number of hydrogen-bond donors (Lipinski definition) is 1. The van der Waals surface area contributed by atoms with Crippen LogP contribution in [0.4, 0.5) is 11.4 Å². The molecule has 1 N–H and O–H groups in total. The van der Waals surface area contributed by atoms with Gasteiger partial charge in [0.05, 0.1) is 0 Å². The number of nitrogens with zero attached hydrogens (tertiary/aromatic N) is 1. The molecule has 0 unspecified atom stereocenters. The molecule has 4 nitrogen and oxygen atoms in total. The van der Waals surface area contributed by atoms with Crippen LogP contribution in [0.5, 0.6) is 0 Å². The molecular weight excluding hydrogens is 360 g/mol. The van der Waals surface area contributed by atoms with Crippen molar-refractivity contribution in [3.63, 3.8) is 0 Å². The topological polar surface area (TPSA) is 49.4 Å². The Morgan fingerprint density at radius 1 is 0.862 bits per heavy atom. The Morgan fingerprint density at radius 2 is 1.59 bits per heavy atom. The molecular formula is C25H24N2O2. The van der Waals surface area contributed by atoms with Gasteiger partial charge in [-0.25, -0.2) is 0 Å². The van der Waals surface area contributed by atoms with Crippen LogP contribution in [0.15, 0.2) is 66.7 Å². The maximum absolute atomic E-state index is 12.9. The van der Waals surface area contributed by atoms with Crippen molar-refractivity contribution in [1.29, 1.82) is 0 Å². The van der Waals surface area contributed by atoms with Crippen LogP contribution in [0, 0.1) is 13.8 Å². The van der Waals surface area contributed by atoms with Crippen molar-refractivity contribution in [2.75, 3.05) is 16.8 Å². The van der Waals surface area contributed by atoms with E-state index in [1.807, 2.05) is 73.3 Å². The minimum atomic E-state index is -0.135. The molecule has 4 rings (SSSR count). The van der Waals surface area contributed by atoms with Crippen LogP contribution in [-0.4, -0.2) is 18.4 Å². The van der Waals surface area contributed by atoms with Crippen LogP contribution in [0.3, 0.4) is 0 Å². The Balaban J connectivity index is 1.58. The summed E-state index contributed by atoms with van der Waals surface area (Å²) >= 11 is 0. The number of carbonyl (C=O) groups excluding carboxylic acids is 2. The van der Waals surface area contributed by atoms with Crippen LogP contribution in [0.25, 0.3) is 0 Å². The molecule has 0 radical (unpaired) electrons. The van der Waals surface area contributed by atoms with Gasteiger partial charge in [0.2, 0.25) is 0 Å². The van der Waals surface area contributed by atoms with Gasteiger partial charge >= 0.3 is 0 Å². The molecule has 3 aromatic rings. The molecule has 0 aliphatic carbocycles. The number of fused-ring (bicyclic) bond motifs is 1. The highest BCUT2D eigenvalue weighted by Crippen LogP contribution is 2.30. The predicted octanol–water partition coefficient (Wildman–Crippen LogP) is 5.15. The molecule has 0 atom stereocenters. The zero-order valence-corrected chi connectivity index (χ0v) is 16.7. The number of amides is 2. The largest absolute Gasteiger partial charge is 0.322 e. The second-order valence-corrected chi connectivity index (χ2v) is 7.60. The second kappa shape index (κ2) is 7.92. The standard InChI is InChI=1S/C25H24N2O2/c1-17-13-18(2)15-22(14-17)26-24(28)21-10-11-23-20(16-21)9-6-12-27(23)25(29)19-7-4-3-5-8-19/h3-5,7-8,10-11,13-16H,6,9,12H2,1-2H3,(H,26,28). The first-order chi connectivity index (χ1) is 14.0. The first-order valence-electron chi connectivity index (χ1n) is 9.91. The molecule has 0 saturated heterocycles. The average Bonchev–Trinajstić information content (AvgIpc) is 2.72. The van der Waals surface area contributed by atoms with Gasteiger partial charge in [0.25, 0.3) is 11.8 Å². The van der Waals surface area contributed by atoms with E-state index in [1.165, 1.54) is 0 Å². The number of rotatable bonds is 3. The molecule has 1 aliphatic heterocycles. The molecule has 29 heavy (non-hydrogen) atoms. The number of anilines is 2. The van der Waals surface area contributed by atoms with Gasteiger partial charge in [-0.3, -0.25) is 9.59 Å². The van der Waals surface area contributed by atoms with E-state index in [0.717, 1.165) is 40.9 Å². The van der Waals surface area contributed by atoms with Crippen LogP contribution in [0.1, 0.15) is 43.8 Å². The molecule has 1 heterocycles. The van der Waals surface area contributed by atoms with Gasteiger partial charge in [0.15, 0.2) is 0 Å². The summed E-state index contributed by atoms with van der Waals surface area (Å²) in [7, 11) is 0. The highest BCUT2D eigenvalue weighted by molar-refractivity contribution is 6.08. The van der Waals surface area contributed by atoms with Crippen molar-refractivity contribution in [2.24, 2.45) is 0 Å². The summed E-state index contributed by atoms with van der Waals surface area (Å²) in [4.78, 5) is 27.5. The fourth-order valence-electron chi connectivity index (χ4n) is 3.94. The molecule has 146 valence electrons. The molecule has 1 aliphatic rings. The zero-order chi connectivity index (χ0) is 20.4. The van der Waals surface area contributed by atoms with E-state index in [0.29, 0.717) is 17.7 Å². The Hall–Kier alpha value is -3.40. The number of hydrogen-bond acceptors (Lipinski definition) is 2. The summed E-state index contributed by atoms with van der Waals surface area (Å²) in [6.07, 6.45) is 1.74. The number of aryl methyl sites for hydroxylation is 3. The minimum Gasteiger partial charge on any atom is -0.322 e. The fourth-order valence-corrected chi connectivity index (χ4v) is 3.94. The van der Waals surface area contributed by atoms with Crippen molar-refractivity contribution in [3.05, 3.63) is 94.5 Å². The SMILES string of the molecule is Cc1cc(C)cc(NC(=O)c2ccc3c(c2)CCCN3C(=O)c2ccccc2)c1. The van der Waals surface area contributed by atoms with E-state index < -0.39 is 0 Å². The molecule has 0 fully saturated rings. The lowest BCUT2D eigenvalue weighted by molar-refractivity contribution is 0.0984. The minimum absolute atomic E-state index is 0.000937. The highest BCUT2D eigenvalue weighted by atomic mass is 16.2. The second-order valence-electron chi connectivity index (χ2n) is 7.60. The van der Waals surface area contributed by atoms with Crippen molar-refractivity contribution >= 4 is 23.2 Å². The molecule has 0 bridgehead atoms. The van der Waals surface area contributed by atoms with Gasteiger partial charge < -0.3 is 10.2 Å². The zero-order valence-electron chi connectivity index (χ0n) is 16.7. The third-order valence-corrected chi connectivity index (χ3v) is 5.21. The lowest BCUT2D eigenvalue weighted by atomic mass is 9.98. The Kier molecular flexibility index (Phi) is 5.17. The van der Waals surface area contributed by atoms with Crippen molar-refractivity contribution < 1.29 is 9.59 Å². The Labute approximate surface area is 171 Å². The summed E-state index contributed by atoms with van der Waals surface area (Å²) in [6, 6.07) is 20.9. The maximum Gasteiger partial charge on any atom is 0.258 e. The third-order valence-electron chi connectivity index (χ3n) is 5.21. The van der Waals surface area contributed by atoms with Crippen LogP contribution >= 0.6 is 0 Å². The fraction of sp³-hybridized carbons (Fsp3) is 0.200. The van der Waals surface area contributed by atoms with Crippen molar-refractivity contribution in [2.45, 2.75) is 26.7 Å². The molecule has 0 aromatic heterocycles. The first-order valence-corrected chi connectivity index (χ1v) is 9.91. The molecule has 2 amide bonds. The van der Waals surface area contributed by atoms with Gasteiger partial charge in [-0.15, -0.1) is 0 Å². The number of nitrogens with one attached hydrogen (secondary N) is 1. The normalized spacial score (nSPS) is 13.0. The van der Waals surface area contributed by atoms with E-state index in [9.17, 15) is 9.59 Å². The molecule has 3 aromatic carbocycles. The van der Waals surface area contributed by atoms with Gasteiger partial charge in [-0.05, 0) is 85.8 Å². The van der Waals surface area contributed by atoms with E-state index in [1.54, 1.807) is 6.07 Å². The van der Waals surface area contributed by atoms with E-state index in [2.05, 4.69) is 11.4 Å². The summed E-state index contributed by atoms with van der Waals surface area (Å²) in [5.41, 5.74) is 6.24. The van der Waals surface area contributed by atoms with E-state index in [-0.39, 0.29) is 11.8 Å². The van der Waals surface area contributed by atoms with Gasteiger partial charge in [0, 0.05) is 29.0 Å². The molecule has 0 spiro atoms. The summed E-state index contributed by atoms with van der Waals surface area (Å²) in [5.74, 6) is -0.136. The van der Waals surface area contributed by atoms with Crippen LogP contribution in [-0.2, 0) is 6.42 Å². The van der Waals surface area contributed by atoms with Gasteiger partial charge in [0.1, 0.15) is 0 Å². The Morgan fingerprint density at radius 3 is 2.31 bits per heavy atom. The predicted molar refractivity (Wildman–Crippen MR) is 117 cm³/mol. The first kappa shape index (κ1) is 18.9. The summed E-state index contributed by atoms with van der Waals surface area (Å²) < 4.78 is 0. The quantitative estimate of drug-likeness (QED) is 0.679. The van der Waals surface area contributed by atoms with Gasteiger partial charge in [-0.2, -0.15) is 0 Å².